The molecule has 1 fully saturated rings. The third-order valence-electron chi connectivity index (χ3n) is 4.94. The van der Waals surface area contributed by atoms with Crippen LogP contribution in [0.15, 0.2) is 47.6 Å². The van der Waals surface area contributed by atoms with Crippen molar-refractivity contribution in [3.8, 4) is 0 Å². The van der Waals surface area contributed by atoms with Gasteiger partial charge in [0.15, 0.2) is 5.65 Å². The molecular formula is C18H23N7O2S. The molecule has 1 aliphatic rings. The van der Waals surface area contributed by atoms with Crippen molar-refractivity contribution in [1.29, 1.82) is 0 Å². The van der Waals surface area contributed by atoms with Crippen LogP contribution < -0.4 is 21.5 Å². The van der Waals surface area contributed by atoms with Crippen LogP contribution in [-0.4, -0.2) is 35.1 Å². The average molecular weight is 401 g/mol. The van der Waals surface area contributed by atoms with Crippen LogP contribution in [0.4, 0.5) is 17.2 Å². The van der Waals surface area contributed by atoms with E-state index in [-0.39, 0.29) is 4.90 Å². The molecule has 1 aromatic carbocycles. The zero-order chi connectivity index (χ0) is 19.7. The fourth-order valence-electron chi connectivity index (χ4n) is 3.44. The SMILES string of the molecule is NC1CCC(Nc2cc(Nc3ccc(S(N)(=O)=O)cc3)c3nccn3n2)CC1. The Morgan fingerprint density at radius 1 is 1.11 bits per heavy atom. The van der Waals surface area contributed by atoms with Gasteiger partial charge in [-0.15, -0.1) is 5.10 Å². The second-order valence-electron chi connectivity index (χ2n) is 7.09. The Kier molecular flexibility index (Phi) is 4.92. The maximum atomic E-state index is 11.4. The highest BCUT2D eigenvalue weighted by Gasteiger charge is 2.19. The minimum atomic E-state index is -3.72. The zero-order valence-electron chi connectivity index (χ0n) is 15.2. The number of anilines is 3. The van der Waals surface area contributed by atoms with Crippen molar-refractivity contribution >= 4 is 32.9 Å². The van der Waals surface area contributed by atoms with Gasteiger partial charge in [-0.1, -0.05) is 0 Å². The number of hydrogen-bond acceptors (Lipinski definition) is 7. The van der Waals surface area contributed by atoms with Crippen LogP contribution in [0, 0.1) is 0 Å². The minimum absolute atomic E-state index is 0.0663. The fourth-order valence-corrected chi connectivity index (χ4v) is 3.95. The quantitative estimate of drug-likeness (QED) is 0.511. The average Bonchev–Trinajstić information content (AvgIpc) is 3.12. The number of nitrogens with one attached hydrogen (secondary N) is 2. The lowest BCUT2D eigenvalue weighted by molar-refractivity contribution is 0.410. The van der Waals surface area contributed by atoms with E-state index in [1.54, 1.807) is 29.0 Å². The third-order valence-corrected chi connectivity index (χ3v) is 5.87. The van der Waals surface area contributed by atoms with E-state index in [9.17, 15) is 8.42 Å². The van der Waals surface area contributed by atoms with Crippen molar-refractivity contribution < 1.29 is 8.42 Å². The summed E-state index contributed by atoms with van der Waals surface area (Å²) in [5.74, 6) is 0.745. The lowest BCUT2D eigenvalue weighted by Crippen LogP contribution is -2.33. The molecular weight excluding hydrogens is 378 g/mol. The first kappa shape index (κ1) is 18.7. The molecule has 0 radical (unpaired) electrons. The maximum Gasteiger partial charge on any atom is 0.238 e. The van der Waals surface area contributed by atoms with Crippen molar-refractivity contribution in [2.24, 2.45) is 10.9 Å². The Labute approximate surface area is 163 Å². The van der Waals surface area contributed by atoms with Crippen LogP contribution in [0.5, 0.6) is 0 Å². The molecule has 0 amide bonds. The Balaban J connectivity index is 1.58. The lowest BCUT2D eigenvalue weighted by Gasteiger charge is -2.27. The molecule has 0 saturated heterocycles. The molecule has 1 saturated carbocycles. The van der Waals surface area contributed by atoms with Crippen LogP contribution >= 0.6 is 0 Å². The molecule has 10 heteroatoms. The van der Waals surface area contributed by atoms with E-state index in [1.165, 1.54) is 12.1 Å². The first-order chi connectivity index (χ1) is 13.4. The van der Waals surface area contributed by atoms with E-state index in [0.717, 1.165) is 42.9 Å². The maximum absolute atomic E-state index is 11.4. The molecule has 0 bridgehead atoms. The summed E-state index contributed by atoms with van der Waals surface area (Å²) in [5.41, 5.74) is 8.14. The molecule has 2 aromatic heterocycles. The van der Waals surface area contributed by atoms with Crippen molar-refractivity contribution in [2.75, 3.05) is 10.6 Å². The van der Waals surface area contributed by atoms with E-state index in [1.807, 2.05) is 6.07 Å². The highest BCUT2D eigenvalue weighted by atomic mass is 32.2. The van der Waals surface area contributed by atoms with Crippen molar-refractivity contribution in [1.82, 2.24) is 14.6 Å². The highest BCUT2D eigenvalue weighted by molar-refractivity contribution is 7.89. The number of fused-ring (bicyclic) bond motifs is 1. The van der Waals surface area contributed by atoms with Gasteiger partial charge in [-0.3, -0.25) is 0 Å². The summed E-state index contributed by atoms with van der Waals surface area (Å²) < 4.78 is 24.5. The van der Waals surface area contributed by atoms with Crippen molar-refractivity contribution in [3.63, 3.8) is 0 Å². The van der Waals surface area contributed by atoms with E-state index in [0.29, 0.717) is 17.7 Å². The van der Waals surface area contributed by atoms with Crippen LogP contribution in [0.1, 0.15) is 25.7 Å². The van der Waals surface area contributed by atoms with Gasteiger partial charge in [0, 0.05) is 36.2 Å². The van der Waals surface area contributed by atoms with Gasteiger partial charge in [0.1, 0.15) is 5.82 Å². The number of nitrogens with zero attached hydrogens (tertiary/aromatic N) is 3. The van der Waals surface area contributed by atoms with Gasteiger partial charge in [0.25, 0.3) is 0 Å². The highest BCUT2D eigenvalue weighted by Crippen LogP contribution is 2.26. The summed E-state index contributed by atoms with van der Waals surface area (Å²) in [6.07, 6.45) is 7.51. The van der Waals surface area contributed by atoms with Gasteiger partial charge in [0.05, 0.1) is 10.6 Å². The molecule has 28 heavy (non-hydrogen) atoms. The molecule has 1 aliphatic carbocycles. The number of nitrogens with two attached hydrogens (primary N) is 2. The topological polar surface area (TPSA) is 140 Å². The zero-order valence-corrected chi connectivity index (χ0v) is 16.1. The molecule has 0 spiro atoms. The van der Waals surface area contributed by atoms with Gasteiger partial charge in [-0.25, -0.2) is 23.1 Å². The standard InChI is InChI=1S/C18H23N7O2S/c19-12-1-3-14(4-2-12)23-17-11-16(18-21-9-10-25(18)24-17)22-13-5-7-15(8-6-13)28(20,26)27/h5-12,14,22H,1-4,19H2,(H,23,24)(H2,20,26,27). The Morgan fingerprint density at radius 2 is 1.82 bits per heavy atom. The molecule has 0 unspecified atom stereocenters. The summed E-state index contributed by atoms with van der Waals surface area (Å²) >= 11 is 0. The Hall–Kier alpha value is -2.69. The molecule has 0 atom stereocenters. The lowest BCUT2D eigenvalue weighted by atomic mass is 9.92. The van der Waals surface area contributed by atoms with Crippen LogP contribution in [0.3, 0.4) is 0 Å². The predicted octanol–water partition coefficient (Wildman–Crippen LogP) is 1.80. The Morgan fingerprint density at radius 3 is 2.50 bits per heavy atom. The first-order valence-corrected chi connectivity index (χ1v) is 10.7. The number of benzene rings is 1. The summed E-state index contributed by atoms with van der Waals surface area (Å²) in [5, 5.41) is 16.5. The molecule has 9 nitrogen and oxygen atoms in total. The van der Waals surface area contributed by atoms with Gasteiger partial charge >= 0.3 is 0 Å². The molecule has 3 aromatic rings. The summed E-state index contributed by atoms with van der Waals surface area (Å²) in [6, 6.07) is 8.79. The van der Waals surface area contributed by atoms with Crippen molar-refractivity contribution in [2.45, 2.75) is 42.7 Å². The second-order valence-corrected chi connectivity index (χ2v) is 8.65. The largest absolute Gasteiger partial charge is 0.366 e. The van der Waals surface area contributed by atoms with Crippen molar-refractivity contribution in [3.05, 3.63) is 42.7 Å². The Bertz CT molecular complexity index is 1070. The molecule has 2 heterocycles. The normalized spacial score (nSPS) is 20.2. The van der Waals surface area contributed by atoms with Gasteiger partial charge in [0.2, 0.25) is 10.0 Å². The number of sulfonamides is 1. The molecule has 4 rings (SSSR count). The first-order valence-electron chi connectivity index (χ1n) is 9.15. The van der Waals surface area contributed by atoms with Crippen LogP contribution in [-0.2, 0) is 10.0 Å². The van der Waals surface area contributed by atoms with Gasteiger partial charge < -0.3 is 16.4 Å². The van der Waals surface area contributed by atoms with Gasteiger partial charge in [-0.05, 0) is 49.9 Å². The number of primary sulfonamides is 1. The smallest absolute Gasteiger partial charge is 0.238 e. The fraction of sp³-hybridized carbons (Fsp3) is 0.333. The van der Waals surface area contributed by atoms with E-state index < -0.39 is 10.0 Å². The molecule has 6 N–H and O–H groups in total. The number of imidazole rings is 1. The minimum Gasteiger partial charge on any atom is -0.366 e. The van der Waals surface area contributed by atoms with Crippen LogP contribution in [0.2, 0.25) is 0 Å². The number of rotatable bonds is 5. The second kappa shape index (κ2) is 7.38. The van der Waals surface area contributed by atoms with E-state index in [2.05, 4.69) is 20.7 Å². The number of hydrogen-bond donors (Lipinski definition) is 4. The van der Waals surface area contributed by atoms with Crippen LogP contribution in [0.25, 0.3) is 5.65 Å². The number of aromatic nitrogens is 3. The summed E-state index contributed by atoms with van der Waals surface area (Å²) in [6.45, 7) is 0. The summed E-state index contributed by atoms with van der Waals surface area (Å²) in [7, 11) is -3.72. The van der Waals surface area contributed by atoms with Gasteiger partial charge in [-0.2, -0.15) is 0 Å². The molecule has 0 aliphatic heterocycles. The molecule has 148 valence electrons. The predicted molar refractivity (Wildman–Crippen MR) is 108 cm³/mol. The summed E-state index contributed by atoms with van der Waals surface area (Å²) in [4.78, 5) is 4.41. The van der Waals surface area contributed by atoms with E-state index >= 15 is 0 Å². The van der Waals surface area contributed by atoms with E-state index in [4.69, 9.17) is 10.9 Å². The third kappa shape index (κ3) is 4.08. The monoisotopic (exact) mass is 401 g/mol.